The standard InChI is InChI=1S/C17H17N7/c1-2-6-13-12(5-1)22-15(23-13)11-4-3-7-24(8-11)17-14-16(19-9-18-14)20-10-21-17/h1-2,5-6,9-11H,3-4,7-8H2,(H,22,23)(H,18,19,20,21)/t11-/m1/s1. The van der Waals surface area contributed by atoms with Crippen LogP contribution in [0.5, 0.6) is 0 Å². The van der Waals surface area contributed by atoms with Crippen molar-refractivity contribution in [3.05, 3.63) is 42.7 Å². The van der Waals surface area contributed by atoms with Crippen molar-refractivity contribution in [2.24, 2.45) is 0 Å². The maximum atomic E-state index is 4.78. The van der Waals surface area contributed by atoms with Crippen LogP contribution in [0.25, 0.3) is 22.2 Å². The van der Waals surface area contributed by atoms with E-state index in [1.54, 1.807) is 12.7 Å². The summed E-state index contributed by atoms with van der Waals surface area (Å²) in [5.74, 6) is 2.37. The Kier molecular flexibility index (Phi) is 2.97. The van der Waals surface area contributed by atoms with Crippen LogP contribution < -0.4 is 4.90 Å². The van der Waals surface area contributed by atoms with E-state index in [0.29, 0.717) is 11.6 Å². The lowest BCUT2D eigenvalue weighted by molar-refractivity contribution is 0.493. The molecule has 0 saturated carbocycles. The fourth-order valence-corrected chi connectivity index (χ4v) is 3.55. The third-order valence-electron chi connectivity index (χ3n) is 4.72. The highest BCUT2D eigenvalue weighted by Crippen LogP contribution is 2.30. The summed E-state index contributed by atoms with van der Waals surface area (Å²) in [6.07, 6.45) is 5.50. The topological polar surface area (TPSA) is 86.4 Å². The van der Waals surface area contributed by atoms with Crippen LogP contribution in [-0.2, 0) is 0 Å². The number of nitrogens with zero attached hydrogens (tertiary/aromatic N) is 5. The number of piperidine rings is 1. The molecule has 7 heteroatoms. The van der Waals surface area contributed by atoms with Crippen LogP contribution in [0.3, 0.4) is 0 Å². The first-order valence-electron chi connectivity index (χ1n) is 8.22. The van der Waals surface area contributed by atoms with Crippen molar-refractivity contribution in [3.8, 4) is 0 Å². The second-order valence-corrected chi connectivity index (χ2v) is 6.22. The molecule has 0 spiro atoms. The fourth-order valence-electron chi connectivity index (χ4n) is 3.55. The Morgan fingerprint density at radius 2 is 2.08 bits per heavy atom. The van der Waals surface area contributed by atoms with Crippen molar-refractivity contribution >= 4 is 28.0 Å². The van der Waals surface area contributed by atoms with Crippen LogP contribution in [0.4, 0.5) is 5.82 Å². The van der Waals surface area contributed by atoms with E-state index in [-0.39, 0.29) is 0 Å². The molecule has 4 aromatic rings. The minimum atomic E-state index is 0.374. The molecule has 1 saturated heterocycles. The Morgan fingerprint density at radius 1 is 1.12 bits per heavy atom. The molecule has 0 amide bonds. The van der Waals surface area contributed by atoms with E-state index in [4.69, 9.17) is 4.98 Å². The number of anilines is 1. The van der Waals surface area contributed by atoms with Crippen molar-refractivity contribution < 1.29 is 0 Å². The Morgan fingerprint density at radius 3 is 3.04 bits per heavy atom. The van der Waals surface area contributed by atoms with E-state index < -0.39 is 0 Å². The van der Waals surface area contributed by atoms with E-state index in [9.17, 15) is 0 Å². The summed E-state index contributed by atoms with van der Waals surface area (Å²) in [4.78, 5) is 26.6. The molecular formula is C17H17N7. The van der Waals surface area contributed by atoms with E-state index in [1.807, 2.05) is 12.1 Å². The van der Waals surface area contributed by atoms with Gasteiger partial charge in [0, 0.05) is 19.0 Å². The summed E-state index contributed by atoms with van der Waals surface area (Å²) >= 11 is 0. The van der Waals surface area contributed by atoms with Crippen molar-refractivity contribution in [2.45, 2.75) is 18.8 Å². The molecule has 4 heterocycles. The largest absolute Gasteiger partial charge is 0.354 e. The van der Waals surface area contributed by atoms with Crippen LogP contribution in [0.1, 0.15) is 24.6 Å². The third-order valence-corrected chi connectivity index (χ3v) is 4.72. The fraction of sp³-hybridized carbons (Fsp3) is 0.294. The van der Waals surface area contributed by atoms with Gasteiger partial charge in [0.25, 0.3) is 0 Å². The maximum absolute atomic E-state index is 4.78. The van der Waals surface area contributed by atoms with Gasteiger partial charge >= 0.3 is 0 Å². The van der Waals surface area contributed by atoms with Crippen molar-refractivity contribution in [1.29, 1.82) is 0 Å². The number of rotatable bonds is 2. The Labute approximate surface area is 138 Å². The molecule has 1 aliphatic rings. The number of H-pyrrole nitrogens is 2. The zero-order valence-corrected chi connectivity index (χ0v) is 13.1. The quantitative estimate of drug-likeness (QED) is 0.593. The molecule has 1 atom stereocenters. The smallest absolute Gasteiger partial charge is 0.182 e. The summed E-state index contributed by atoms with van der Waals surface area (Å²) in [6, 6.07) is 8.18. The van der Waals surface area contributed by atoms with E-state index in [2.05, 4.69) is 42.0 Å². The van der Waals surface area contributed by atoms with Crippen molar-refractivity contribution in [1.82, 2.24) is 29.9 Å². The average molecular weight is 319 g/mol. The zero-order chi connectivity index (χ0) is 15.9. The van der Waals surface area contributed by atoms with Gasteiger partial charge in [-0.05, 0) is 25.0 Å². The molecule has 1 aromatic carbocycles. The number of aromatic amines is 2. The molecule has 7 nitrogen and oxygen atoms in total. The summed E-state index contributed by atoms with van der Waals surface area (Å²) in [7, 11) is 0. The van der Waals surface area contributed by atoms with E-state index in [1.165, 1.54) is 0 Å². The Hall–Kier alpha value is -2.96. The van der Waals surface area contributed by atoms with E-state index >= 15 is 0 Å². The minimum absolute atomic E-state index is 0.374. The maximum Gasteiger partial charge on any atom is 0.182 e. The summed E-state index contributed by atoms with van der Waals surface area (Å²) < 4.78 is 0. The van der Waals surface area contributed by atoms with Crippen molar-refractivity contribution in [2.75, 3.05) is 18.0 Å². The van der Waals surface area contributed by atoms with Gasteiger partial charge in [-0.25, -0.2) is 19.9 Å². The zero-order valence-electron chi connectivity index (χ0n) is 13.1. The first-order valence-corrected chi connectivity index (χ1v) is 8.22. The SMILES string of the molecule is c1ccc2[nH]c([C@@H]3CCCN(c4ncnc5nc[nH]c45)C3)nc2c1. The number of nitrogens with one attached hydrogen (secondary N) is 2. The molecule has 3 aromatic heterocycles. The van der Waals surface area contributed by atoms with Gasteiger partial charge in [0.1, 0.15) is 17.7 Å². The lowest BCUT2D eigenvalue weighted by Gasteiger charge is -2.32. The Balaban J connectivity index is 1.48. The number of para-hydroxylation sites is 2. The van der Waals surface area contributed by atoms with Gasteiger partial charge in [0.15, 0.2) is 11.5 Å². The highest BCUT2D eigenvalue weighted by Gasteiger charge is 2.26. The Bertz CT molecular complexity index is 969. The van der Waals surface area contributed by atoms with Crippen LogP contribution in [0.15, 0.2) is 36.9 Å². The number of benzene rings is 1. The first-order chi connectivity index (χ1) is 11.9. The molecule has 2 N–H and O–H groups in total. The average Bonchev–Trinajstić information content (AvgIpc) is 3.28. The number of hydrogen-bond acceptors (Lipinski definition) is 5. The van der Waals surface area contributed by atoms with Gasteiger partial charge in [0.2, 0.25) is 0 Å². The van der Waals surface area contributed by atoms with Gasteiger partial charge in [-0.2, -0.15) is 0 Å². The van der Waals surface area contributed by atoms with Crippen LogP contribution in [0, 0.1) is 0 Å². The number of imidazole rings is 2. The second-order valence-electron chi connectivity index (χ2n) is 6.22. The van der Waals surface area contributed by atoms with E-state index in [0.717, 1.165) is 54.1 Å². The van der Waals surface area contributed by atoms with Crippen molar-refractivity contribution in [3.63, 3.8) is 0 Å². The molecule has 0 unspecified atom stereocenters. The van der Waals surface area contributed by atoms with Gasteiger partial charge in [-0.3, -0.25) is 0 Å². The molecule has 0 bridgehead atoms. The van der Waals surface area contributed by atoms with Gasteiger partial charge in [-0.15, -0.1) is 0 Å². The highest BCUT2D eigenvalue weighted by molar-refractivity contribution is 5.82. The molecule has 24 heavy (non-hydrogen) atoms. The molecule has 1 aliphatic heterocycles. The number of hydrogen-bond donors (Lipinski definition) is 2. The van der Waals surface area contributed by atoms with Gasteiger partial charge in [0.05, 0.1) is 17.4 Å². The molecular weight excluding hydrogens is 302 g/mol. The lowest BCUT2D eigenvalue weighted by atomic mass is 9.97. The summed E-state index contributed by atoms with van der Waals surface area (Å²) in [5, 5.41) is 0. The molecule has 1 fully saturated rings. The predicted molar refractivity (Wildman–Crippen MR) is 92.0 cm³/mol. The number of aromatic nitrogens is 6. The lowest BCUT2D eigenvalue weighted by Crippen LogP contribution is -2.35. The summed E-state index contributed by atoms with van der Waals surface area (Å²) in [5.41, 5.74) is 3.75. The molecule has 0 aliphatic carbocycles. The van der Waals surface area contributed by atoms with Gasteiger partial charge < -0.3 is 14.9 Å². The highest BCUT2D eigenvalue weighted by atomic mass is 15.2. The second kappa shape index (κ2) is 5.30. The van der Waals surface area contributed by atoms with Gasteiger partial charge in [-0.1, -0.05) is 12.1 Å². The minimum Gasteiger partial charge on any atom is -0.354 e. The monoisotopic (exact) mass is 319 g/mol. The third kappa shape index (κ3) is 2.12. The summed E-state index contributed by atoms with van der Waals surface area (Å²) in [6.45, 7) is 1.88. The predicted octanol–water partition coefficient (Wildman–Crippen LogP) is 2.61. The first kappa shape index (κ1) is 13.5. The van der Waals surface area contributed by atoms with Crippen LogP contribution in [-0.4, -0.2) is 43.0 Å². The molecule has 5 rings (SSSR count). The van der Waals surface area contributed by atoms with Crippen LogP contribution in [0.2, 0.25) is 0 Å². The normalized spacial score (nSPS) is 18.5. The molecule has 0 radical (unpaired) electrons. The molecule has 120 valence electrons. The number of fused-ring (bicyclic) bond motifs is 2. The van der Waals surface area contributed by atoms with Crippen LogP contribution >= 0.6 is 0 Å².